The number of nitrogens with zero attached hydrogens (tertiary/aromatic N) is 1. The van der Waals surface area contributed by atoms with Gasteiger partial charge in [-0.1, -0.05) is 30.7 Å². The van der Waals surface area contributed by atoms with Gasteiger partial charge < -0.3 is 0 Å². The molecule has 0 aromatic heterocycles. The molecule has 5 heteroatoms. The molecule has 0 bridgehead atoms. The molecule has 1 aromatic rings. The van der Waals surface area contributed by atoms with Gasteiger partial charge in [0.25, 0.3) is 0 Å². The summed E-state index contributed by atoms with van der Waals surface area (Å²) in [6.07, 6.45) is 3.06. The van der Waals surface area contributed by atoms with E-state index in [0.29, 0.717) is 25.1 Å². The first kappa shape index (κ1) is 14.9. The number of hydrogen-bond donors (Lipinski definition) is 0. The van der Waals surface area contributed by atoms with E-state index in [1.807, 2.05) is 13.0 Å². The molecule has 1 heterocycles. The zero-order valence-electron chi connectivity index (χ0n) is 11.8. The minimum Gasteiger partial charge on any atom is -0.294 e. The molecule has 1 aliphatic rings. The summed E-state index contributed by atoms with van der Waals surface area (Å²) < 4.78 is 26.5. The summed E-state index contributed by atoms with van der Waals surface area (Å²) in [6.45, 7) is 4.67. The first-order valence-electron chi connectivity index (χ1n) is 6.74. The molecule has 1 aliphatic heterocycles. The fraction of sp³-hybridized carbons (Fsp3) is 0.400. The smallest absolute Gasteiger partial charge is 0.243 e. The van der Waals surface area contributed by atoms with Crippen molar-refractivity contribution in [2.24, 2.45) is 0 Å². The average Bonchev–Trinajstić information content (AvgIpc) is 2.47. The maximum atomic E-state index is 12.5. The summed E-state index contributed by atoms with van der Waals surface area (Å²) in [5.74, 6) is -0.0450. The molecule has 2 rings (SSSR count). The number of hydrogen-bond acceptors (Lipinski definition) is 3. The van der Waals surface area contributed by atoms with Crippen LogP contribution in [0.2, 0.25) is 0 Å². The predicted molar refractivity (Wildman–Crippen MR) is 78.2 cm³/mol. The largest absolute Gasteiger partial charge is 0.294 e. The summed E-state index contributed by atoms with van der Waals surface area (Å²) >= 11 is 0. The van der Waals surface area contributed by atoms with Gasteiger partial charge >= 0.3 is 0 Å². The Hall–Kier alpha value is -1.46. The molecule has 0 amide bonds. The van der Waals surface area contributed by atoms with Crippen molar-refractivity contribution >= 4 is 15.8 Å². The van der Waals surface area contributed by atoms with Crippen LogP contribution in [-0.2, 0) is 10.0 Å². The Bertz CT molecular complexity index is 647. The van der Waals surface area contributed by atoms with E-state index >= 15 is 0 Å². The van der Waals surface area contributed by atoms with Gasteiger partial charge in [0.15, 0.2) is 5.78 Å². The highest BCUT2D eigenvalue weighted by Gasteiger charge is 2.25. The lowest BCUT2D eigenvalue weighted by Crippen LogP contribution is -2.34. The van der Waals surface area contributed by atoms with Crippen LogP contribution in [0.15, 0.2) is 40.8 Å². The maximum absolute atomic E-state index is 12.5. The zero-order chi connectivity index (χ0) is 14.8. The van der Waals surface area contributed by atoms with E-state index in [-0.39, 0.29) is 10.7 Å². The van der Waals surface area contributed by atoms with E-state index in [4.69, 9.17) is 0 Å². The second-order valence-electron chi connectivity index (χ2n) is 4.97. The number of Topliss-reactive ketones (excluding diaryl/α,β-unsaturated/α-hetero) is 1. The van der Waals surface area contributed by atoms with E-state index in [2.05, 4.69) is 0 Å². The van der Waals surface area contributed by atoms with Crippen LogP contribution < -0.4 is 0 Å². The summed E-state index contributed by atoms with van der Waals surface area (Å²) in [4.78, 5) is 11.9. The molecule has 0 saturated heterocycles. The highest BCUT2D eigenvalue weighted by molar-refractivity contribution is 7.89. The van der Waals surface area contributed by atoms with Crippen molar-refractivity contribution in [2.75, 3.05) is 13.1 Å². The van der Waals surface area contributed by atoms with Gasteiger partial charge in [-0.2, -0.15) is 4.31 Å². The second-order valence-corrected chi connectivity index (χ2v) is 6.91. The lowest BCUT2D eigenvalue weighted by molar-refractivity contribution is 0.0988. The molecule has 0 spiro atoms. The number of benzene rings is 1. The second kappa shape index (κ2) is 5.89. The van der Waals surface area contributed by atoms with Crippen molar-refractivity contribution in [3.05, 3.63) is 41.5 Å². The quantitative estimate of drug-likeness (QED) is 0.633. The zero-order valence-corrected chi connectivity index (χ0v) is 12.6. The number of sulfonamides is 1. The third-order valence-corrected chi connectivity index (χ3v) is 5.37. The Kier molecular flexibility index (Phi) is 4.40. The van der Waals surface area contributed by atoms with Gasteiger partial charge in [0.1, 0.15) is 0 Å². The summed E-state index contributed by atoms with van der Waals surface area (Å²) in [7, 11) is -3.51. The SMILES string of the molecule is CCC(=O)c1cccc(S(=O)(=O)N2CC=C(C)CC2)c1. The highest BCUT2D eigenvalue weighted by atomic mass is 32.2. The van der Waals surface area contributed by atoms with Crippen molar-refractivity contribution in [1.29, 1.82) is 0 Å². The van der Waals surface area contributed by atoms with Gasteiger partial charge in [-0.05, 0) is 25.5 Å². The van der Waals surface area contributed by atoms with Crippen LogP contribution in [-0.4, -0.2) is 31.6 Å². The van der Waals surface area contributed by atoms with Crippen molar-refractivity contribution in [3.63, 3.8) is 0 Å². The van der Waals surface area contributed by atoms with Crippen LogP contribution in [0.3, 0.4) is 0 Å². The first-order valence-corrected chi connectivity index (χ1v) is 8.18. The molecule has 0 saturated carbocycles. The van der Waals surface area contributed by atoms with Crippen molar-refractivity contribution < 1.29 is 13.2 Å². The average molecular weight is 293 g/mol. The molecular weight excluding hydrogens is 274 g/mol. The van der Waals surface area contributed by atoms with Crippen molar-refractivity contribution in [1.82, 2.24) is 4.31 Å². The third-order valence-electron chi connectivity index (χ3n) is 3.51. The molecular formula is C15H19NO3S. The van der Waals surface area contributed by atoms with Crippen LogP contribution in [0, 0.1) is 0 Å². The molecule has 20 heavy (non-hydrogen) atoms. The lowest BCUT2D eigenvalue weighted by Gasteiger charge is -2.24. The Morgan fingerprint density at radius 3 is 2.70 bits per heavy atom. The van der Waals surface area contributed by atoms with Gasteiger partial charge in [-0.25, -0.2) is 8.42 Å². The monoisotopic (exact) mass is 293 g/mol. The van der Waals surface area contributed by atoms with E-state index in [9.17, 15) is 13.2 Å². The number of ketones is 1. The molecule has 4 nitrogen and oxygen atoms in total. The van der Waals surface area contributed by atoms with E-state index in [0.717, 1.165) is 6.42 Å². The predicted octanol–water partition coefficient (Wildman–Crippen LogP) is 2.62. The standard InChI is InChI=1S/C15H19NO3S/c1-3-15(17)13-5-4-6-14(11-13)20(18,19)16-9-7-12(2)8-10-16/h4-7,11H,3,8-10H2,1-2H3. The third kappa shape index (κ3) is 2.99. The highest BCUT2D eigenvalue weighted by Crippen LogP contribution is 2.21. The lowest BCUT2D eigenvalue weighted by atomic mass is 10.1. The van der Waals surface area contributed by atoms with Crippen LogP contribution in [0.25, 0.3) is 0 Å². The number of carbonyl (C=O) groups excluding carboxylic acids is 1. The van der Waals surface area contributed by atoms with Gasteiger partial charge in [0, 0.05) is 25.1 Å². The van der Waals surface area contributed by atoms with E-state index in [1.54, 1.807) is 25.1 Å². The topological polar surface area (TPSA) is 54.5 Å². The van der Waals surface area contributed by atoms with Crippen LogP contribution >= 0.6 is 0 Å². The molecule has 108 valence electrons. The molecule has 0 aliphatic carbocycles. The molecule has 1 aromatic carbocycles. The molecule has 0 N–H and O–H groups in total. The first-order chi connectivity index (χ1) is 9.45. The minimum atomic E-state index is -3.51. The number of carbonyl (C=O) groups is 1. The Balaban J connectivity index is 2.33. The molecule has 0 unspecified atom stereocenters. The Morgan fingerprint density at radius 1 is 1.35 bits per heavy atom. The van der Waals surface area contributed by atoms with Crippen LogP contribution in [0.4, 0.5) is 0 Å². The van der Waals surface area contributed by atoms with Crippen molar-refractivity contribution in [3.8, 4) is 0 Å². The summed E-state index contributed by atoms with van der Waals surface area (Å²) in [5.41, 5.74) is 1.67. The maximum Gasteiger partial charge on any atom is 0.243 e. The Morgan fingerprint density at radius 2 is 2.10 bits per heavy atom. The van der Waals surface area contributed by atoms with E-state index in [1.165, 1.54) is 15.9 Å². The molecule has 0 atom stereocenters. The van der Waals surface area contributed by atoms with Gasteiger partial charge in [0.2, 0.25) is 10.0 Å². The van der Waals surface area contributed by atoms with Gasteiger partial charge in [0.05, 0.1) is 4.90 Å². The van der Waals surface area contributed by atoms with Crippen LogP contribution in [0.1, 0.15) is 37.0 Å². The van der Waals surface area contributed by atoms with E-state index < -0.39 is 10.0 Å². The fourth-order valence-electron chi connectivity index (χ4n) is 2.15. The summed E-state index contributed by atoms with van der Waals surface area (Å²) in [6, 6.07) is 6.31. The summed E-state index contributed by atoms with van der Waals surface area (Å²) in [5, 5.41) is 0. The van der Waals surface area contributed by atoms with Crippen molar-refractivity contribution in [2.45, 2.75) is 31.6 Å². The minimum absolute atomic E-state index is 0.0450. The van der Waals surface area contributed by atoms with Gasteiger partial charge in [-0.15, -0.1) is 0 Å². The van der Waals surface area contributed by atoms with Gasteiger partial charge in [-0.3, -0.25) is 4.79 Å². The normalized spacial score (nSPS) is 16.8. The number of rotatable bonds is 4. The Labute approximate surface area is 120 Å². The fourth-order valence-corrected chi connectivity index (χ4v) is 3.58. The van der Waals surface area contributed by atoms with Crippen LogP contribution in [0.5, 0.6) is 0 Å². The molecule has 0 radical (unpaired) electrons. The molecule has 0 fully saturated rings.